The van der Waals surface area contributed by atoms with Crippen molar-refractivity contribution < 1.29 is 9.57 Å². The van der Waals surface area contributed by atoms with E-state index in [4.69, 9.17) is 21.2 Å². The number of rotatable bonds is 4. The Labute approximate surface area is 130 Å². The third-order valence-corrected chi connectivity index (χ3v) is 3.80. The SMILES string of the molecule is CCO[C@H]1C[C@H](c2ccccc2)N(c2ccc(Cl)cc2)O1. The second-order valence-corrected chi connectivity index (χ2v) is 5.39. The zero-order valence-corrected chi connectivity index (χ0v) is 12.7. The summed E-state index contributed by atoms with van der Waals surface area (Å²) < 4.78 is 5.64. The normalized spacial score (nSPS) is 21.7. The summed E-state index contributed by atoms with van der Waals surface area (Å²) in [6, 6.07) is 18.2. The fraction of sp³-hybridized carbons (Fsp3) is 0.294. The first-order valence-electron chi connectivity index (χ1n) is 7.16. The van der Waals surface area contributed by atoms with Gasteiger partial charge in [-0.05, 0) is 36.8 Å². The minimum Gasteiger partial charge on any atom is -0.350 e. The van der Waals surface area contributed by atoms with Crippen LogP contribution >= 0.6 is 11.6 Å². The second-order valence-electron chi connectivity index (χ2n) is 4.95. The summed E-state index contributed by atoms with van der Waals surface area (Å²) in [5.41, 5.74) is 2.20. The van der Waals surface area contributed by atoms with Gasteiger partial charge in [-0.15, -0.1) is 0 Å². The maximum absolute atomic E-state index is 5.97. The van der Waals surface area contributed by atoms with E-state index in [2.05, 4.69) is 12.1 Å². The van der Waals surface area contributed by atoms with E-state index < -0.39 is 0 Å². The molecule has 110 valence electrons. The van der Waals surface area contributed by atoms with Crippen molar-refractivity contribution in [3.05, 3.63) is 65.2 Å². The lowest BCUT2D eigenvalue weighted by Crippen LogP contribution is -2.22. The number of hydroxylamine groups is 1. The molecule has 1 fully saturated rings. The van der Waals surface area contributed by atoms with Crippen LogP contribution in [0.5, 0.6) is 0 Å². The fourth-order valence-electron chi connectivity index (χ4n) is 2.58. The van der Waals surface area contributed by atoms with Crippen molar-refractivity contribution in [3.8, 4) is 0 Å². The van der Waals surface area contributed by atoms with Crippen molar-refractivity contribution in [1.29, 1.82) is 0 Å². The van der Waals surface area contributed by atoms with Gasteiger partial charge in [-0.2, -0.15) is 0 Å². The molecule has 1 saturated heterocycles. The van der Waals surface area contributed by atoms with E-state index in [1.54, 1.807) is 0 Å². The van der Waals surface area contributed by atoms with Gasteiger partial charge in [0, 0.05) is 18.1 Å². The molecule has 0 radical (unpaired) electrons. The zero-order valence-electron chi connectivity index (χ0n) is 11.9. The van der Waals surface area contributed by atoms with Crippen LogP contribution in [-0.2, 0) is 9.57 Å². The van der Waals surface area contributed by atoms with Crippen LogP contribution in [0.3, 0.4) is 0 Å². The molecule has 2 aromatic carbocycles. The van der Waals surface area contributed by atoms with Gasteiger partial charge < -0.3 is 4.74 Å². The molecule has 0 N–H and O–H groups in total. The molecule has 2 aromatic rings. The third-order valence-electron chi connectivity index (χ3n) is 3.55. The summed E-state index contributed by atoms with van der Waals surface area (Å²) in [6.07, 6.45) is 0.594. The molecule has 0 amide bonds. The zero-order chi connectivity index (χ0) is 14.7. The molecule has 1 heterocycles. The lowest BCUT2D eigenvalue weighted by Gasteiger charge is -2.24. The Bertz CT molecular complexity index is 573. The average Bonchev–Trinajstić information content (AvgIpc) is 2.93. The van der Waals surface area contributed by atoms with E-state index in [1.165, 1.54) is 5.56 Å². The summed E-state index contributed by atoms with van der Waals surface area (Å²) >= 11 is 5.97. The fourth-order valence-corrected chi connectivity index (χ4v) is 2.71. The maximum Gasteiger partial charge on any atom is 0.186 e. The summed E-state index contributed by atoms with van der Waals surface area (Å²) in [5, 5.41) is 2.64. The minimum atomic E-state index is -0.212. The van der Waals surface area contributed by atoms with Gasteiger partial charge in [0.2, 0.25) is 0 Å². The van der Waals surface area contributed by atoms with Gasteiger partial charge in [0.25, 0.3) is 0 Å². The first-order chi connectivity index (χ1) is 10.3. The Kier molecular flexibility index (Phi) is 4.44. The Morgan fingerprint density at radius 1 is 1.14 bits per heavy atom. The Balaban J connectivity index is 1.89. The summed E-state index contributed by atoms with van der Waals surface area (Å²) in [5.74, 6) is 0. The van der Waals surface area contributed by atoms with Crippen LogP contribution in [0.2, 0.25) is 5.02 Å². The van der Waals surface area contributed by atoms with Crippen LogP contribution < -0.4 is 5.06 Å². The van der Waals surface area contributed by atoms with Crippen LogP contribution in [-0.4, -0.2) is 12.9 Å². The number of benzene rings is 2. The van der Waals surface area contributed by atoms with E-state index in [9.17, 15) is 0 Å². The van der Waals surface area contributed by atoms with Crippen LogP contribution in [0, 0.1) is 0 Å². The van der Waals surface area contributed by atoms with Gasteiger partial charge in [-0.25, -0.2) is 9.90 Å². The van der Waals surface area contributed by atoms with E-state index in [0.29, 0.717) is 6.61 Å². The topological polar surface area (TPSA) is 21.7 Å². The molecule has 3 nitrogen and oxygen atoms in total. The predicted molar refractivity (Wildman–Crippen MR) is 84.2 cm³/mol. The van der Waals surface area contributed by atoms with E-state index in [-0.39, 0.29) is 12.3 Å². The highest BCUT2D eigenvalue weighted by Crippen LogP contribution is 2.38. The number of ether oxygens (including phenoxy) is 1. The van der Waals surface area contributed by atoms with Crippen LogP contribution in [0.15, 0.2) is 54.6 Å². The molecule has 0 unspecified atom stereocenters. The van der Waals surface area contributed by atoms with Gasteiger partial charge in [0.05, 0.1) is 11.7 Å². The van der Waals surface area contributed by atoms with Crippen molar-refractivity contribution in [2.75, 3.05) is 11.7 Å². The monoisotopic (exact) mass is 303 g/mol. The Hall–Kier alpha value is -1.55. The Morgan fingerprint density at radius 3 is 2.52 bits per heavy atom. The molecular weight excluding hydrogens is 286 g/mol. The molecule has 0 aliphatic carbocycles. The predicted octanol–water partition coefficient (Wildman–Crippen LogP) is 4.59. The number of hydrogen-bond donors (Lipinski definition) is 0. The summed E-state index contributed by atoms with van der Waals surface area (Å²) in [7, 11) is 0. The number of halogens is 1. The highest BCUT2D eigenvalue weighted by molar-refractivity contribution is 6.30. The number of hydrogen-bond acceptors (Lipinski definition) is 3. The van der Waals surface area contributed by atoms with Gasteiger partial charge in [-0.3, -0.25) is 0 Å². The highest BCUT2D eigenvalue weighted by atomic mass is 35.5. The summed E-state index contributed by atoms with van der Waals surface area (Å²) in [4.78, 5) is 5.96. The van der Waals surface area contributed by atoms with Crippen LogP contribution in [0.25, 0.3) is 0 Å². The van der Waals surface area contributed by atoms with E-state index in [0.717, 1.165) is 17.1 Å². The van der Waals surface area contributed by atoms with E-state index in [1.807, 2.05) is 54.5 Å². The van der Waals surface area contributed by atoms with Crippen LogP contribution in [0.1, 0.15) is 24.9 Å². The first-order valence-corrected chi connectivity index (χ1v) is 7.54. The highest BCUT2D eigenvalue weighted by Gasteiger charge is 2.35. The standard InChI is InChI=1S/C17H18ClNO2/c1-2-20-17-12-16(13-6-4-3-5-7-13)19(21-17)15-10-8-14(18)9-11-15/h3-11,16-17H,2,12H2,1H3/t16-,17-/m1/s1. The third kappa shape index (κ3) is 3.21. The lowest BCUT2D eigenvalue weighted by atomic mass is 10.0. The van der Waals surface area contributed by atoms with Gasteiger partial charge in [0.15, 0.2) is 6.29 Å². The molecule has 21 heavy (non-hydrogen) atoms. The van der Waals surface area contributed by atoms with Gasteiger partial charge in [-0.1, -0.05) is 41.9 Å². The molecule has 0 aromatic heterocycles. The van der Waals surface area contributed by atoms with Gasteiger partial charge in [0.1, 0.15) is 0 Å². The molecule has 1 aliphatic heterocycles. The van der Waals surface area contributed by atoms with Crippen molar-refractivity contribution in [1.82, 2.24) is 0 Å². The first kappa shape index (κ1) is 14.4. The second kappa shape index (κ2) is 6.48. The van der Waals surface area contributed by atoms with Crippen molar-refractivity contribution in [3.63, 3.8) is 0 Å². The smallest absolute Gasteiger partial charge is 0.186 e. The Morgan fingerprint density at radius 2 is 1.86 bits per heavy atom. The molecule has 0 saturated carbocycles. The van der Waals surface area contributed by atoms with E-state index >= 15 is 0 Å². The van der Waals surface area contributed by atoms with Crippen molar-refractivity contribution in [2.24, 2.45) is 0 Å². The molecule has 0 spiro atoms. The average molecular weight is 304 g/mol. The molecular formula is C17H18ClNO2. The molecule has 3 rings (SSSR count). The molecule has 2 atom stereocenters. The molecule has 4 heteroatoms. The lowest BCUT2D eigenvalue weighted by molar-refractivity contribution is -0.115. The number of anilines is 1. The largest absolute Gasteiger partial charge is 0.350 e. The minimum absolute atomic E-state index is 0.143. The quantitative estimate of drug-likeness (QED) is 0.825. The maximum atomic E-state index is 5.97. The van der Waals surface area contributed by atoms with Crippen LogP contribution in [0.4, 0.5) is 5.69 Å². The van der Waals surface area contributed by atoms with Crippen molar-refractivity contribution >= 4 is 17.3 Å². The molecule has 0 bridgehead atoms. The molecule has 1 aliphatic rings. The van der Waals surface area contributed by atoms with Crippen molar-refractivity contribution in [2.45, 2.75) is 25.7 Å². The number of nitrogens with zero attached hydrogens (tertiary/aromatic N) is 1. The van der Waals surface area contributed by atoms with Gasteiger partial charge >= 0.3 is 0 Å². The summed E-state index contributed by atoms with van der Waals surface area (Å²) in [6.45, 7) is 2.62.